The predicted molar refractivity (Wildman–Crippen MR) is 101 cm³/mol. The van der Waals surface area contributed by atoms with Crippen LogP contribution < -0.4 is 19.7 Å². The van der Waals surface area contributed by atoms with E-state index in [1.807, 2.05) is 0 Å². The maximum atomic E-state index is 13.7. The molecule has 0 bridgehead atoms. The summed E-state index contributed by atoms with van der Waals surface area (Å²) in [4.78, 5) is 25.7. The molecular weight excluding hydrogens is 375 g/mol. The number of anilines is 1. The number of benzene rings is 2. The first-order valence-corrected chi connectivity index (χ1v) is 8.45. The van der Waals surface area contributed by atoms with Crippen LogP contribution in [-0.2, 0) is 16.1 Å². The molecule has 0 unspecified atom stereocenters. The summed E-state index contributed by atoms with van der Waals surface area (Å²) in [6.07, 6.45) is 0. The molecule has 2 amide bonds. The lowest BCUT2D eigenvalue weighted by molar-refractivity contribution is -0.123. The van der Waals surface area contributed by atoms with Crippen molar-refractivity contribution in [1.82, 2.24) is 5.32 Å². The highest BCUT2D eigenvalue weighted by Gasteiger charge is 2.22. The lowest BCUT2D eigenvalue weighted by atomic mass is 10.2. The molecule has 0 aliphatic heterocycles. The summed E-state index contributed by atoms with van der Waals surface area (Å²) >= 11 is 6.08. The molecule has 0 saturated heterocycles. The highest BCUT2D eigenvalue weighted by Crippen LogP contribution is 2.38. The third-order valence-corrected chi connectivity index (χ3v) is 4.16. The van der Waals surface area contributed by atoms with E-state index in [0.29, 0.717) is 27.8 Å². The number of rotatable bonds is 7. The van der Waals surface area contributed by atoms with Crippen LogP contribution in [0.25, 0.3) is 0 Å². The van der Waals surface area contributed by atoms with Crippen molar-refractivity contribution in [3.05, 3.63) is 52.8 Å². The van der Waals surface area contributed by atoms with Crippen LogP contribution in [0, 0.1) is 5.82 Å². The van der Waals surface area contributed by atoms with E-state index in [9.17, 15) is 14.0 Å². The van der Waals surface area contributed by atoms with Crippen molar-refractivity contribution in [2.75, 3.05) is 25.7 Å². The van der Waals surface area contributed by atoms with Gasteiger partial charge in [0, 0.05) is 31.2 Å². The number of ether oxygens (including phenoxy) is 2. The molecule has 144 valence electrons. The van der Waals surface area contributed by atoms with Gasteiger partial charge in [-0.3, -0.25) is 14.5 Å². The van der Waals surface area contributed by atoms with Gasteiger partial charge in [-0.2, -0.15) is 0 Å². The van der Waals surface area contributed by atoms with Gasteiger partial charge in [0.1, 0.15) is 23.9 Å². The number of hydrogen-bond acceptors (Lipinski definition) is 4. The van der Waals surface area contributed by atoms with Crippen molar-refractivity contribution in [2.45, 2.75) is 13.5 Å². The molecule has 0 aliphatic rings. The molecule has 0 saturated carbocycles. The van der Waals surface area contributed by atoms with Crippen molar-refractivity contribution < 1.29 is 23.5 Å². The van der Waals surface area contributed by atoms with Crippen LogP contribution in [0.5, 0.6) is 11.5 Å². The topological polar surface area (TPSA) is 67.9 Å². The van der Waals surface area contributed by atoms with Crippen molar-refractivity contribution >= 4 is 29.1 Å². The van der Waals surface area contributed by atoms with Crippen LogP contribution in [0.1, 0.15) is 12.5 Å². The number of methoxy groups -OCH3 is 2. The molecule has 0 aliphatic carbocycles. The summed E-state index contributed by atoms with van der Waals surface area (Å²) in [5, 5.41) is 2.91. The van der Waals surface area contributed by atoms with Gasteiger partial charge in [-0.25, -0.2) is 4.39 Å². The highest BCUT2D eigenvalue weighted by molar-refractivity contribution is 6.32. The molecule has 0 radical (unpaired) electrons. The van der Waals surface area contributed by atoms with Gasteiger partial charge in [-0.15, -0.1) is 0 Å². The fourth-order valence-electron chi connectivity index (χ4n) is 2.46. The molecule has 8 heteroatoms. The first-order chi connectivity index (χ1) is 12.9. The van der Waals surface area contributed by atoms with Crippen LogP contribution in [0.15, 0.2) is 36.4 Å². The third-order valence-electron chi connectivity index (χ3n) is 3.86. The van der Waals surface area contributed by atoms with Gasteiger partial charge in [0.25, 0.3) is 0 Å². The zero-order valence-corrected chi connectivity index (χ0v) is 16.0. The number of halogens is 2. The van der Waals surface area contributed by atoms with E-state index in [0.717, 1.165) is 0 Å². The molecule has 27 heavy (non-hydrogen) atoms. The molecule has 0 heterocycles. The third kappa shape index (κ3) is 5.10. The Labute approximate surface area is 161 Å². The summed E-state index contributed by atoms with van der Waals surface area (Å²) in [7, 11) is 2.87. The van der Waals surface area contributed by atoms with Crippen molar-refractivity contribution in [3.63, 3.8) is 0 Å². The predicted octanol–water partition coefficient (Wildman–Crippen LogP) is 3.17. The van der Waals surface area contributed by atoms with Gasteiger partial charge < -0.3 is 14.8 Å². The Balaban J connectivity index is 2.19. The van der Waals surface area contributed by atoms with E-state index in [1.165, 1.54) is 44.2 Å². The Bertz CT molecular complexity index is 844. The number of nitrogens with one attached hydrogen (secondary N) is 1. The zero-order valence-electron chi connectivity index (χ0n) is 15.2. The molecular formula is C19H20ClFN2O4. The second-order valence-electron chi connectivity index (χ2n) is 5.63. The fraction of sp³-hybridized carbons (Fsp3) is 0.263. The number of amides is 2. The van der Waals surface area contributed by atoms with Crippen LogP contribution in [-0.4, -0.2) is 32.6 Å². The largest absolute Gasteiger partial charge is 0.495 e. The molecule has 0 atom stereocenters. The summed E-state index contributed by atoms with van der Waals surface area (Å²) in [5.41, 5.74) is 0.693. The number of nitrogens with zero attached hydrogens (tertiary/aromatic N) is 1. The van der Waals surface area contributed by atoms with E-state index in [-0.39, 0.29) is 19.0 Å². The Kier molecular flexibility index (Phi) is 7.01. The minimum absolute atomic E-state index is 0.0122. The molecule has 1 N–H and O–H groups in total. The molecule has 0 fully saturated rings. The minimum Gasteiger partial charge on any atom is -0.495 e. The Morgan fingerprint density at radius 3 is 2.41 bits per heavy atom. The van der Waals surface area contributed by atoms with Crippen LogP contribution in [0.4, 0.5) is 10.1 Å². The number of hydrogen-bond donors (Lipinski definition) is 1. The van der Waals surface area contributed by atoms with Crippen LogP contribution in [0.3, 0.4) is 0 Å². The summed E-state index contributed by atoms with van der Waals surface area (Å²) in [5.74, 6) is -0.586. The number of carbonyl (C=O) groups is 2. The SMILES string of the molecule is COc1cc(N(CC(=O)NCc2ccccc2F)C(C)=O)c(OC)cc1Cl. The molecule has 0 spiro atoms. The van der Waals surface area contributed by atoms with Gasteiger partial charge in [0.05, 0.1) is 24.9 Å². The Morgan fingerprint density at radius 2 is 1.81 bits per heavy atom. The maximum Gasteiger partial charge on any atom is 0.240 e. The first kappa shape index (κ1) is 20.5. The monoisotopic (exact) mass is 394 g/mol. The molecule has 2 aromatic rings. The van der Waals surface area contributed by atoms with E-state index in [2.05, 4.69) is 5.32 Å². The van der Waals surface area contributed by atoms with Gasteiger partial charge in [0.15, 0.2) is 0 Å². The van der Waals surface area contributed by atoms with Crippen molar-refractivity contribution in [3.8, 4) is 11.5 Å². The summed E-state index contributed by atoms with van der Waals surface area (Å²) < 4.78 is 24.1. The zero-order chi connectivity index (χ0) is 20.0. The smallest absolute Gasteiger partial charge is 0.240 e. The van der Waals surface area contributed by atoms with E-state index in [4.69, 9.17) is 21.1 Å². The first-order valence-electron chi connectivity index (χ1n) is 8.07. The maximum absolute atomic E-state index is 13.7. The second-order valence-corrected chi connectivity index (χ2v) is 6.04. The quantitative estimate of drug-likeness (QED) is 0.783. The molecule has 2 aromatic carbocycles. The highest BCUT2D eigenvalue weighted by atomic mass is 35.5. The fourth-order valence-corrected chi connectivity index (χ4v) is 2.69. The minimum atomic E-state index is -0.454. The average molecular weight is 395 g/mol. The molecule has 0 aromatic heterocycles. The lowest BCUT2D eigenvalue weighted by Gasteiger charge is -2.23. The lowest BCUT2D eigenvalue weighted by Crippen LogP contribution is -2.39. The normalized spacial score (nSPS) is 10.3. The summed E-state index contributed by atoms with van der Waals surface area (Å²) in [6, 6.07) is 9.16. The van der Waals surface area contributed by atoms with Gasteiger partial charge in [-0.1, -0.05) is 29.8 Å². The van der Waals surface area contributed by atoms with Crippen LogP contribution in [0.2, 0.25) is 5.02 Å². The average Bonchev–Trinajstić information content (AvgIpc) is 2.65. The Morgan fingerprint density at radius 1 is 1.15 bits per heavy atom. The van der Waals surface area contributed by atoms with E-state index >= 15 is 0 Å². The van der Waals surface area contributed by atoms with Crippen molar-refractivity contribution in [1.29, 1.82) is 0 Å². The van der Waals surface area contributed by atoms with Gasteiger partial charge in [0.2, 0.25) is 11.8 Å². The van der Waals surface area contributed by atoms with Gasteiger partial charge >= 0.3 is 0 Å². The van der Waals surface area contributed by atoms with Crippen LogP contribution >= 0.6 is 11.6 Å². The van der Waals surface area contributed by atoms with Gasteiger partial charge in [-0.05, 0) is 6.07 Å². The molecule has 2 rings (SSSR count). The second kappa shape index (κ2) is 9.23. The summed E-state index contributed by atoms with van der Waals surface area (Å²) in [6.45, 7) is 1.06. The van der Waals surface area contributed by atoms with E-state index in [1.54, 1.807) is 18.2 Å². The Hall–Kier alpha value is -2.80. The number of carbonyl (C=O) groups excluding carboxylic acids is 2. The molecule has 6 nitrogen and oxygen atoms in total. The van der Waals surface area contributed by atoms with E-state index < -0.39 is 11.7 Å². The van der Waals surface area contributed by atoms with Crippen molar-refractivity contribution in [2.24, 2.45) is 0 Å². The standard InChI is InChI=1S/C19H20ClFN2O4/c1-12(24)23(16-9-17(26-2)14(20)8-18(16)27-3)11-19(25)22-10-13-6-4-5-7-15(13)21/h4-9H,10-11H2,1-3H3,(H,22,25).